The molecule has 0 spiro atoms. The fourth-order valence-corrected chi connectivity index (χ4v) is 2.54. The molecule has 0 radical (unpaired) electrons. The third-order valence-electron chi connectivity index (χ3n) is 3.98. The topological polar surface area (TPSA) is 55.4 Å². The molecule has 1 amide bonds. The van der Waals surface area contributed by atoms with Crippen LogP contribution in [0.1, 0.15) is 26.3 Å². The van der Waals surface area contributed by atoms with Gasteiger partial charge in [-0.3, -0.25) is 9.59 Å². The zero-order chi connectivity index (χ0) is 19.1. The summed E-state index contributed by atoms with van der Waals surface area (Å²) in [5.74, 6) is 0.421. The molecule has 0 aliphatic rings. The van der Waals surface area contributed by atoms with Crippen LogP contribution in [0.25, 0.3) is 6.08 Å². The van der Waals surface area contributed by atoms with E-state index in [1.807, 2.05) is 36.4 Å². The van der Waals surface area contributed by atoms with Crippen LogP contribution >= 0.6 is 0 Å². The van der Waals surface area contributed by atoms with Gasteiger partial charge in [-0.25, -0.2) is 0 Å². The third-order valence-corrected chi connectivity index (χ3v) is 3.98. The standard InChI is InChI=1S/C23H19NO3/c1-27-21-13-11-19(12-14-21)23(26)24-20-9-5-6-17(16-20)10-15-22(25)18-7-3-2-4-8-18/h2-16H,1H3,(H,24,26). The molecule has 3 rings (SSSR count). The van der Waals surface area contributed by atoms with Gasteiger partial charge in [0.1, 0.15) is 5.75 Å². The van der Waals surface area contributed by atoms with Crippen LogP contribution < -0.4 is 10.1 Å². The lowest BCUT2D eigenvalue weighted by molar-refractivity contribution is 0.102. The molecule has 0 saturated heterocycles. The van der Waals surface area contributed by atoms with Gasteiger partial charge in [-0.05, 0) is 48.0 Å². The highest BCUT2D eigenvalue weighted by Crippen LogP contribution is 2.16. The monoisotopic (exact) mass is 357 g/mol. The highest BCUT2D eigenvalue weighted by Gasteiger charge is 2.06. The number of allylic oxidation sites excluding steroid dienone is 1. The first-order valence-electron chi connectivity index (χ1n) is 8.48. The molecule has 134 valence electrons. The second kappa shape index (κ2) is 8.63. The molecule has 0 aromatic heterocycles. The molecule has 3 aromatic rings. The van der Waals surface area contributed by atoms with Crippen LogP contribution in [0.5, 0.6) is 5.75 Å². The Hall–Kier alpha value is -3.66. The Bertz CT molecular complexity index is 960. The molecular weight excluding hydrogens is 338 g/mol. The summed E-state index contributed by atoms with van der Waals surface area (Å²) in [5, 5.41) is 2.86. The number of carbonyl (C=O) groups excluding carboxylic acids is 2. The Labute approximate surface area is 158 Å². The van der Waals surface area contributed by atoms with Gasteiger partial charge in [0.2, 0.25) is 0 Å². The predicted octanol–water partition coefficient (Wildman–Crippen LogP) is 4.84. The van der Waals surface area contributed by atoms with E-state index < -0.39 is 0 Å². The fraction of sp³-hybridized carbons (Fsp3) is 0.0435. The van der Waals surface area contributed by atoms with E-state index in [9.17, 15) is 9.59 Å². The van der Waals surface area contributed by atoms with Gasteiger partial charge >= 0.3 is 0 Å². The normalized spacial score (nSPS) is 10.6. The average Bonchev–Trinajstić information content (AvgIpc) is 2.73. The highest BCUT2D eigenvalue weighted by molar-refractivity contribution is 6.07. The summed E-state index contributed by atoms with van der Waals surface area (Å²) < 4.78 is 5.09. The first-order chi connectivity index (χ1) is 13.2. The summed E-state index contributed by atoms with van der Waals surface area (Å²) in [6.45, 7) is 0. The molecule has 4 nitrogen and oxygen atoms in total. The van der Waals surface area contributed by atoms with Crippen molar-refractivity contribution in [1.29, 1.82) is 0 Å². The second-order valence-corrected chi connectivity index (χ2v) is 5.87. The van der Waals surface area contributed by atoms with Crippen molar-refractivity contribution in [3.05, 3.63) is 102 Å². The number of hydrogen-bond acceptors (Lipinski definition) is 3. The quantitative estimate of drug-likeness (QED) is 0.507. The van der Waals surface area contributed by atoms with E-state index in [2.05, 4.69) is 5.32 Å². The van der Waals surface area contributed by atoms with E-state index in [4.69, 9.17) is 4.74 Å². The summed E-state index contributed by atoms with van der Waals surface area (Å²) in [6, 6.07) is 23.3. The van der Waals surface area contributed by atoms with E-state index in [-0.39, 0.29) is 11.7 Å². The molecule has 0 aliphatic heterocycles. The zero-order valence-corrected chi connectivity index (χ0v) is 14.9. The van der Waals surface area contributed by atoms with Crippen LogP contribution in [-0.4, -0.2) is 18.8 Å². The minimum atomic E-state index is -0.209. The number of benzene rings is 3. The maximum atomic E-state index is 12.4. The minimum absolute atomic E-state index is 0.0664. The van der Waals surface area contributed by atoms with Crippen LogP contribution in [0.4, 0.5) is 5.69 Å². The number of nitrogens with one attached hydrogen (secondary N) is 1. The highest BCUT2D eigenvalue weighted by atomic mass is 16.5. The first-order valence-corrected chi connectivity index (χ1v) is 8.48. The molecule has 0 bridgehead atoms. The fourth-order valence-electron chi connectivity index (χ4n) is 2.54. The third kappa shape index (κ3) is 4.92. The van der Waals surface area contributed by atoms with Gasteiger partial charge in [-0.15, -0.1) is 0 Å². The number of rotatable bonds is 6. The van der Waals surface area contributed by atoms with Crippen molar-refractivity contribution in [1.82, 2.24) is 0 Å². The molecule has 3 aromatic carbocycles. The van der Waals surface area contributed by atoms with E-state index in [0.29, 0.717) is 22.6 Å². The molecule has 0 aliphatic carbocycles. The molecule has 0 atom stereocenters. The van der Waals surface area contributed by atoms with Crippen molar-refractivity contribution >= 4 is 23.5 Å². The Morgan fingerprint density at radius 1 is 0.852 bits per heavy atom. The van der Waals surface area contributed by atoms with E-state index in [0.717, 1.165) is 5.56 Å². The molecular formula is C23H19NO3. The van der Waals surface area contributed by atoms with Crippen LogP contribution in [0.3, 0.4) is 0 Å². The summed E-state index contributed by atoms with van der Waals surface area (Å²) in [5.41, 5.74) is 2.66. The van der Waals surface area contributed by atoms with Crippen molar-refractivity contribution in [3.63, 3.8) is 0 Å². The molecule has 27 heavy (non-hydrogen) atoms. The molecule has 0 fully saturated rings. The van der Waals surface area contributed by atoms with Crippen LogP contribution in [0.15, 0.2) is 84.9 Å². The first kappa shape index (κ1) is 18.1. The lowest BCUT2D eigenvalue weighted by atomic mass is 10.1. The van der Waals surface area contributed by atoms with Crippen LogP contribution in [0.2, 0.25) is 0 Å². The number of amides is 1. The van der Waals surface area contributed by atoms with Crippen molar-refractivity contribution in [3.8, 4) is 5.75 Å². The lowest BCUT2D eigenvalue weighted by Crippen LogP contribution is -2.11. The molecule has 0 unspecified atom stereocenters. The van der Waals surface area contributed by atoms with Crippen molar-refractivity contribution in [2.45, 2.75) is 0 Å². The van der Waals surface area contributed by atoms with Crippen molar-refractivity contribution in [2.75, 3.05) is 12.4 Å². The minimum Gasteiger partial charge on any atom is -0.497 e. The molecule has 0 heterocycles. The lowest BCUT2D eigenvalue weighted by Gasteiger charge is -2.07. The number of ketones is 1. The SMILES string of the molecule is COc1ccc(C(=O)Nc2cccc(C=CC(=O)c3ccccc3)c2)cc1. The summed E-state index contributed by atoms with van der Waals surface area (Å²) in [7, 11) is 1.58. The molecule has 0 saturated carbocycles. The summed E-state index contributed by atoms with van der Waals surface area (Å²) in [4.78, 5) is 24.5. The van der Waals surface area contributed by atoms with Gasteiger partial charge in [-0.2, -0.15) is 0 Å². The zero-order valence-electron chi connectivity index (χ0n) is 14.9. The Morgan fingerprint density at radius 2 is 1.59 bits per heavy atom. The Morgan fingerprint density at radius 3 is 2.30 bits per heavy atom. The number of anilines is 1. The maximum absolute atomic E-state index is 12.4. The van der Waals surface area contributed by atoms with Gasteiger partial charge < -0.3 is 10.1 Å². The number of methoxy groups -OCH3 is 1. The number of ether oxygens (including phenoxy) is 1. The van der Waals surface area contributed by atoms with Crippen LogP contribution in [-0.2, 0) is 0 Å². The second-order valence-electron chi connectivity index (χ2n) is 5.87. The molecule has 1 N–H and O–H groups in total. The van der Waals surface area contributed by atoms with E-state index in [1.165, 1.54) is 6.08 Å². The maximum Gasteiger partial charge on any atom is 0.255 e. The van der Waals surface area contributed by atoms with Gasteiger partial charge in [0, 0.05) is 16.8 Å². The van der Waals surface area contributed by atoms with Gasteiger partial charge in [0.15, 0.2) is 5.78 Å². The van der Waals surface area contributed by atoms with Gasteiger partial charge in [0.25, 0.3) is 5.91 Å². The molecule has 4 heteroatoms. The van der Waals surface area contributed by atoms with Crippen molar-refractivity contribution < 1.29 is 14.3 Å². The smallest absolute Gasteiger partial charge is 0.255 e. The van der Waals surface area contributed by atoms with Gasteiger partial charge in [0.05, 0.1) is 7.11 Å². The summed E-state index contributed by atoms with van der Waals surface area (Å²) in [6.07, 6.45) is 3.26. The average molecular weight is 357 g/mol. The van der Waals surface area contributed by atoms with E-state index in [1.54, 1.807) is 55.7 Å². The Kier molecular flexibility index (Phi) is 5.80. The van der Waals surface area contributed by atoms with E-state index >= 15 is 0 Å². The number of carbonyl (C=O) groups is 2. The van der Waals surface area contributed by atoms with Crippen molar-refractivity contribution in [2.24, 2.45) is 0 Å². The largest absolute Gasteiger partial charge is 0.497 e. The predicted molar refractivity (Wildman–Crippen MR) is 107 cm³/mol. The summed E-state index contributed by atoms with van der Waals surface area (Å²) >= 11 is 0. The number of hydrogen-bond donors (Lipinski definition) is 1. The van der Waals surface area contributed by atoms with Gasteiger partial charge in [-0.1, -0.05) is 48.5 Å². The van der Waals surface area contributed by atoms with Crippen LogP contribution in [0, 0.1) is 0 Å². The Balaban J connectivity index is 1.68.